The highest BCUT2D eigenvalue weighted by Crippen LogP contribution is 2.32. The van der Waals surface area contributed by atoms with Crippen molar-refractivity contribution in [3.63, 3.8) is 0 Å². The molecule has 54 heavy (non-hydrogen) atoms. The molecule has 11 nitrogen and oxygen atoms in total. The Labute approximate surface area is 320 Å². The molecule has 0 radical (unpaired) electrons. The molecule has 0 atom stereocenters. The van der Waals surface area contributed by atoms with Gasteiger partial charge in [0, 0.05) is 42.2 Å². The minimum atomic E-state index is -1.57. The molecule has 4 aromatic carbocycles. The molecule has 1 fully saturated rings. The monoisotopic (exact) mass is 744 g/mol. The van der Waals surface area contributed by atoms with E-state index in [2.05, 4.69) is 12.1 Å². The van der Waals surface area contributed by atoms with Crippen LogP contribution in [0.3, 0.4) is 0 Å². The number of carbonyl (C=O) groups is 2. The van der Waals surface area contributed by atoms with Gasteiger partial charge in [0.1, 0.15) is 18.1 Å². The maximum atomic E-state index is 13.1. The number of rotatable bonds is 9. The fourth-order valence-electron chi connectivity index (χ4n) is 6.78. The number of carbonyl (C=O) groups excluding carboxylic acids is 2. The molecule has 4 aromatic rings. The van der Waals surface area contributed by atoms with E-state index in [0.717, 1.165) is 35.1 Å². The minimum Gasteiger partial charge on any atom is -0.497 e. The third-order valence-electron chi connectivity index (χ3n) is 9.58. The van der Waals surface area contributed by atoms with Crippen LogP contribution in [0, 0.1) is 5.41 Å². The van der Waals surface area contributed by atoms with Crippen LogP contribution in [0.4, 0.5) is 5.69 Å². The fourth-order valence-corrected chi connectivity index (χ4v) is 6.91. The average Bonchev–Trinajstić information content (AvgIpc) is 3.33. The summed E-state index contributed by atoms with van der Waals surface area (Å²) in [6.45, 7) is 4.69. The first-order chi connectivity index (χ1) is 26.0. The quantitative estimate of drug-likeness (QED) is 0.0683. The zero-order chi connectivity index (χ0) is 38.4. The molecular formula is C41H42BClN6O5. The molecule has 0 saturated carbocycles. The number of methoxy groups -OCH3 is 1. The van der Waals surface area contributed by atoms with E-state index in [1.54, 1.807) is 61.4 Å². The number of hydrogen-bond acceptors (Lipinski definition) is 8. The molecule has 0 unspecified atom stereocenters. The van der Waals surface area contributed by atoms with Crippen LogP contribution in [0.15, 0.2) is 107 Å². The van der Waals surface area contributed by atoms with Gasteiger partial charge in [-0.3, -0.25) is 24.9 Å². The van der Waals surface area contributed by atoms with Gasteiger partial charge in [-0.25, -0.2) is 5.01 Å². The zero-order valence-corrected chi connectivity index (χ0v) is 31.2. The highest BCUT2D eigenvalue weighted by Gasteiger charge is 2.28. The van der Waals surface area contributed by atoms with Crippen LogP contribution in [-0.4, -0.2) is 83.0 Å². The molecule has 0 aromatic heterocycles. The van der Waals surface area contributed by atoms with Crippen molar-refractivity contribution in [3.05, 3.63) is 130 Å². The van der Waals surface area contributed by atoms with E-state index in [1.807, 2.05) is 47.4 Å². The summed E-state index contributed by atoms with van der Waals surface area (Å²) < 4.78 is 5.55. The number of anilines is 1. The molecule has 0 bridgehead atoms. The lowest BCUT2D eigenvalue weighted by Gasteiger charge is -2.32. The van der Waals surface area contributed by atoms with E-state index in [4.69, 9.17) is 31.8 Å². The Bertz CT molecular complexity index is 2130. The Balaban J connectivity index is 1.19. The topological polar surface area (TPSA) is 142 Å². The molecule has 13 heteroatoms. The van der Waals surface area contributed by atoms with Gasteiger partial charge in [0.05, 0.1) is 25.1 Å². The van der Waals surface area contributed by atoms with E-state index < -0.39 is 7.12 Å². The number of aliphatic imine (C=N–C) groups is 1. The van der Waals surface area contributed by atoms with E-state index in [-0.39, 0.29) is 36.7 Å². The van der Waals surface area contributed by atoms with E-state index in [9.17, 15) is 19.6 Å². The SMILES string of the molecule is COc1ccc2c(c1)C(c1ccc(Cl)cc1)=NCC(=NN(Cc1cccc(C3CCN(C(=O)/C=C/c4cccc(B(O)O)c4)CC3)c1)C(C)=O)N2C(C)=N. The highest BCUT2D eigenvalue weighted by molar-refractivity contribution is 6.58. The molecule has 2 amide bonds. The number of hydrogen-bond donors (Lipinski definition) is 3. The Hall–Kier alpha value is -5.56. The van der Waals surface area contributed by atoms with Gasteiger partial charge in [0.15, 0.2) is 5.84 Å². The van der Waals surface area contributed by atoms with Crippen LogP contribution in [0.5, 0.6) is 5.75 Å². The number of nitrogens with zero attached hydrogens (tertiary/aromatic N) is 5. The van der Waals surface area contributed by atoms with Gasteiger partial charge in [0.2, 0.25) is 11.8 Å². The largest absolute Gasteiger partial charge is 0.497 e. The second-order valence-electron chi connectivity index (χ2n) is 13.3. The number of halogens is 1. The summed E-state index contributed by atoms with van der Waals surface area (Å²) in [5, 5.41) is 34.5. The summed E-state index contributed by atoms with van der Waals surface area (Å²) in [4.78, 5) is 34.6. The number of amidine groups is 2. The van der Waals surface area contributed by atoms with Crippen molar-refractivity contribution in [3.8, 4) is 5.75 Å². The summed E-state index contributed by atoms with van der Waals surface area (Å²) in [6, 6.07) is 27.9. The lowest BCUT2D eigenvalue weighted by molar-refractivity contribution is -0.129. The first-order valence-corrected chi connectivity index (χ1v) is 18.1. The normalized spacial score (nSPS) is 15.4. The molecule has 2 aliphatic rings. The molecule has 2 aliphatic heterocycles. The number of hydrazone groups is 1. The lowest BCUT2D eigenvalue weighted by atomic mass is 9.79. The van der Waals surface area contributed by atoms with Gasteiger partial charge < -0.3 is 19.7 Å². The summed E-state index contributed by atoms with van der Waals surface area (Å²) in [5.74, 6) is 1.18. The third-order valence-corrected chi connectivity index (χ3v) is 9.83. The van der Waals surface area contributed by atoms with Crippen molar-refractivity contribution in [2.45, 2.75) is 39.2 Å². The lowest BCUT2D eigenvalue weighted by Crippen LogP contribution is -2.39. The van der Waals surface area contributed by atoms with Crippen LogP contribution in [0.2, 0.25) is 5.02 Å². The van der Waals surface area contributed by atoms with Crippen LogP contribution < -0.4 is 15.1 Å². The molecule has 276 valence electrons. The number of benzene rings is 4. The molecular weight excluding hydrogens is 703 g/mol. The van der Waals surface area contributed by atoms with Crippen LogP contribution >= 0.6 is 11.6 Å². The first kappa shape index (κ1) is 38.2. The van der Waals surface area contributed by atoms with Gasteiger partial charge in [-0.15, -0.1) is 0 Å². The Morgan fingerprint density at radius 1 is 1.02 bits per heavy atom. The van der Waals surface area contributed by atoms with Gasteiger partial charge in [-0.2, -0.15) is 5.10 Å². The summed E-state index contributed by atoms with van der Waals surface area (Å²) in [7, 11) is 0.0329. The summed E-state index contributed by atoms with van der Waals surface area (Å²) >= 11 is 6.20. The molecule has 3 N–H and O–H groups in total. The fraction of sp³-hybridized carbons (Fsp3) is 0.244. The molecule has 0 aliphatic carbocycles. The Kier molecular flexibility index (Phi) is 12.1. The maximum Gasteiger partial charge on any atom is 0.488 e. The minimum absolute atomic E-state index is 0.0903. The van der Waals surface area contributed by atoms with Crippen molar-refractivity contribution < 1.29 is 24.4 Å². The van der Waals surface area contributed by atoms with Crippen LogP contribution in [0.25, 0.3) is 6.08 Å². The van der Waals surface area contributed by atoms with Crippen molar-refractivity contribution in [2.24, 2.45) is 10.1 Å². The summed E-state index contributed by atoms with van der Waals surface area (Å²) in [5.41, 5.74) is 6.11. The number of amides is 2. The Morgan fingerprint density at radius 2 is 1.76 bits per heavy atom. The molecule has 0 spiro atoms. The molecule has 1 saturated heterocycles. The van der Waals surface area contributed by atoms with Gasteiger partial charge in [0.25, 0.3) is 0 Å². The van der Waals surface area contributed by atoms with Crippen molar-refractivity contribution in [1.29, 1.82) is 5.41 Å². The average molecular weight is 745 g/mol. The number of likely N-dealkylation sites (tertiary alicyclic amines) is 1. The highest BCUT2D eigenvalue weighted by atomic mass is 35.5. The second kappa shape index (κ2) is 17.1. The van der Waals surface area contributed by atoms with Crippen molar-refractivity contribution >= 4 is 65.1 Å². The number of benzodiazepines with no additional fused rings is 1. The van der Waals surface area contributed by atoms with Gasteiger partial charge in [-0.05, 0) is 84.2 Å². The van der Waals surface area contributed by atoms with E-state index in [0.29, 0.717) is 52.1 Å². The predicted molar refractivity (Wildman–Crippen MR) is 215 cm³/mol. The maximum absolute atomic E-state index is 13.1. The third kappa shape index (κ3) is 8.96. The molecule has 2 heterocycles. The predicted octanol–water partition coefficient (Wildman–Crippen LogP) is 5.46. The van der Waals surface area contributed by atoms with Gasteiger partial charge in [-0.1, -0.05) is 72.3 Å². The first-order valence-electron chi connectivity index (χ1n) is 17.7. The van der Waals surface area contributed by atoms with Crippen LogP contribution in [0.1, 0.15) is 60.4 Å². The number of ether oxygens (including phenoxy) is 1. The smallest absolute Gasteiger partial charge is 0.488 e. The number of nitrogens with one attached hydrogen (secondary N) is 1. The second-order valence-corrected chi connectivity index (χ2v) is 13.7. The number of fused-ring (bicyclic) bond motifs is 1. The van der Waals surface area contributed by atoms with E-state index in [1.165, 1.54) is 18.0 Å². The zero-order valence-electron chi connectivity index (χ0n) is 30.4. The summed E-state index contributed by atoms with van der Waals surface area (Å²) in [6.07, 6.45) is 4.79. The van der Waals surface area contributed by atoms with Crippen LogP contribution in [-0.2, 0) is 16.1 Å². The molecule has 6 rings (SSSR count). The van der Waals surface area contributed by atoms with E-state index >= 15 is 0 Å². The standard InChI is InChI=1S/C41H42BClN6O5/c1-27(44)49-38-16-15-36(54-3)24-37(38)41(32-11-13-35(43)14-12-32)45-25-39(49)46-48(28(2)50)26-30-7-4-8-33(22-30)31-18-20-47(21-19-31)40(51)17-10-29-6-5-9-34(23-29)42(52)53/h4-17,22-24,31,44,52-53H,18-21,25-26H2,1-3H3/b17-10+,44-27?,46-39?. The van der Waals surface area contributed by atoms with Gasteiger partial charge >= 0.3 is 7.12 Å². The van der Waals surface area contributed by atoms with Crippen molar-refractivity contribution in [2.75, 3.05) is 31.6 Å². The Morgan fingerprint density at radius 3 is 2.44 bits per heavy atom. The van der Waals surface area contributed by atoms with Crippen molar-refractivity contribution in [1.82, 2.24) is 9.91 Å². The number of piperidine rings is 1.